The van der Waals surface area contributed by atoms with Gasteiger partial charge in [-0.15, -0.1) is 0 Å². The van der Waals surface area contributed by atoms with Crippen LogP contribution in [0.2, 0.25) is 5.02 Å². The molecule has 19 heavy (non-hydrogen) atoms. The number of hydrogen-bond acceptors (Lipinski definition) is 2. The number of ether oxygens (including phenoxy) is 2. The second-order valence-electron chi connectivity index (χ2n) is 4.15. The first-order valence-electron chi connectivity index (χ1n) is 5.94. The molecule has 1 unspecified atom stereocenters. The van der Waals surface area contributed by atoms with Crippen molar-refractivity contribution in [1.29, 1.82) is 0 Å². The summed E-state index contributed by atoms with van der Waals surface area (Å²) in [5, 5.41) is 0.669. The van der Waals surface area contributed by atoms with Crippen LogP contribution < -0.4 is 9.47 Å². The first-order chi connectivity index (χ1) is 9.13. The third kappa shape index (κ3) is 4.45. The van der Waals surface area contributed by atoms with Crippen LogP contribution in [0.5, 0.6) is 11.5 Å². The SMILES string of the molecule is CC(COc1ccc(Cl)cc1)Oc1ccc(F)cc1. The summed E-state index contributed by atoms with van der Waals surface area (Å²) in [4.78, 5) is 0. The number of rotatable bonds is 5. The van der Waals surface area contributed by atoms with Crippen LogP contribution in [0, 0.1) is 5.82 Å². The van der Waals surface area contributed by atoms with E-state index in [1.807, 2.05) is 6.92 Å². The van der Waals surface area contributed by atoms with Crippen molar-refractivity contribution in [2.24, 2.45) is 0 Å². The molecule has 0 saturated carbocycles. The van der Waals surface area contributed by atoms with Gasteiger partial charge in [-0.3, -0.25) is 0 Å². The first-order valence-corrected chi connectivity index (χ1v) is 6.32. The number of benzene rings is 2. The van der Waals surface area contributed by atoms with E-state index in [1.165, 1.54) is 12.1 Å². The highest BCUT2D eigenvalue weighted by atomic mass is 35.5. The predicted octanol–water partition coefficient (Wildman–Crippen LogP) is 4.33. The molecule has 2 aromatic rings. The number of hydrogen-bond donors (Lipinski definition) is 0. The average Bonchev–Trinajstić information content (AvgIpc) is 2.41. The Bertz CT molecular complexity index is 511. The molecule has 0 aliphatic heterocycles. The highest BCUT2D eigenvalue weighted by Gasteiger charge is 2.05. The lowest BCUT2D eigenvalue weighted by Crippen LogP contribution is -2.21. The van der Waals surface area contributed by atoms with E-state index in [0.29, 0.717) is 17.4 Å². The molecule has 2 nitrogen and oxygen atoms in total. The maximum Gasteiger partial charge on any atom is 0.130 e. The van der Waals surface area contributed by atoms with Crippen molar-refractivity contribution < 1.29 is 13.9 Å². The summed E-state index contributed by atoms with van der Waals surface area (Å²) in [6.07, 6.45) is -0.138. The van der Waals surface area contributed by atoms with Gasteiger partial charge in [0.1, 0.15) is 30.0 Å². The maximum absolute atomic E-state index is 12.7. The Balaban J connectivity index is 1.82. The lowest BCUT2D eigenvalue weighted by Gasteiger charge is -2.15. The van der Waals surface area contributed by atoms with Crippen LogP contribution >= 0.6 is 11.6 Å². The lowest BCUT2D eigenvalue weighted by molar-refractivity contribution is 0.143. The van der Waals surface area contributed by atoms with Crippen LogP contribution in [0.3, 0.4) is 0 Å². The minimum absolute atomic E-state index is 0.138. The average molecular weight is 281 g/mol. The van der Waals surface area contributed by atoms with E-state index in [-0.39, 0.29) is 11.9 Å². The molecule has 0 N–H and O–H groups in total. The lowest BCUT2D eigenvalue weighted by atomic mass is 10.3. The van der Waals surface area contributed by atoms with E-state index < -0.39 is 0 Å². The van der Waals surface area contributed by atoms with Crippen molar-refractivity contribution in [2.75, 3.05) is 6.61 Å². The zero-order chi connectivity index (χ0) is 13.7. The molecule has 100 valence electrons. The minimum atomic E-state index is -0.280. The molecular formula is C15H14ClFO2. The maximum atomic E-state index is 12.7. The molecule has 0 heterocycles. The van der Waals surface area contributed by atoms with Gasteiger partial charge in [0, 0.05) is 5.02 Å². The van der Waals surface area contributed by atoms with Crippen molar-refractivity contribution in [3.05, 3.63) is 59.4 Å². The smallest absolute Gasteiger partial charge is 0.130 e. The van der Waals surface area contributed by atoms with Crippen LogP contribution in [0.4, 0.5) is 4.39 Å². The van der Waals surface area contributed by atoms with Crippen LogP contribution in [0.1, 0.15) is 6.92 Å². The standard InChI is InChI=1S/C15H14ClFO2/c1-11(19-15-8-4-13(17)5-9-15)10-18-14-6-2-12(16)3-7-14/h2-9,11H,10H2,1H3. The van der Waals surface area contributed by atoms with Crippen molar-refractivity contribution >= 4 is 11.6 Å². The second-order valence-corrected chi connectivity index (χ2v) is 4.58. The van der Waals surface area contributed by atoms with Gasteiger partial charge < -0.3 is 9.47 Å². The topological polar surface area (TPSA) is 18.5 Å². The largest absolute Gasteiger partial charge is 0.490 e. The summed E-state index contributed by atoms with van der Waals surface area (Å²) in [6, 6.07) is 13.0. The van der Waals surface area contributed by atoms with E-state index in [9.17, 15) is 4.39 Å². The van der Waals surface area contributed by atoms with Crippen LogP contribution in [-0.2, 0) is 0 Å². The highest BCUT2D eigenvalue weighted by Crippen LogP contribution is 2.17. The zero-order valence-corrected chi connectivity index (χ0v) is 11.2. The fraction of sp³-hybridized carbons (Fsp3) is 0.200. The van der Waals surface area contributed by atoms with Gasteiger partial charge in [-0.05, 0) is 55.5 Å². The molecule has 0 saturated heterocycles. The van der Waals surface area contributed by atoms with Gasteiger partial charge in [0.15, 0.2) is 0 Å². The molecule has 1 atom stereocenters. The van der Waals surface area contributed by atoms with E-state index >= 15 is 0 Å². The summed E-state index contributed by atoms with van der Waals surface area (Å²) < 4.78 is 23.9. The Labute approximate surface area is 116 Å². The summed E-state index contributed by atoms with van der Waals surface area (Å²) in [6.45, 7) is 2.29. The summed E-state index contributed by atoms with van der Waals surface area (Å²) in [5.41, 5.74) is 0. The van der Waals surface area contributed by atoms with Crippen molar-refractivity contribution in [1.82, 2.24) is 0 Å². The van der Waals surface area contributed by atoms with Gasteiger partial charge >= 0.3 is 0 Å². The van der Waals surface area contributed by atoms with Crippen molar-refractivity contribution in [3.63, 3.8) is 0 Å². The third-order valence-electron chi connectivity index (χ3n) is 2.45. The molecule has 2 aromatic carbocycles. The second kappa shape index (κ2) is 6.43. The van der Waals surface area contributed by atoms with E-state index in [2.05, 4.69) is 0 Å². The van der Waals surface area contributed by atoms with Gasteiger partial charge in [0.05, 0.1) is 0 Å². The Hall–Kier alpha value is -1.74. The molecule has 0 amide bonds. The van der Waals surface area contributed by atoms with Crippen molar-refractivity contribution in [2.45, 2.75) is 13.0 Å². The molecule has 0 aliphatic carbocycles. The van der Waals surface area contributed by atoms with Crippen LogP contribution in [0.25, 0.3) is 0 Å². The van der Waals surface area contributed by atoms with Crippen LogP contribution in [0.15, 0.2) is 48.5 Å². The number of halogens is 2. The fourth-order valence-electron chi connectivity index (χ4n) is 1.52. The Morgan fingerprint density at radius 3 is 2.21 bits per heavy atom. The van der Waals surface area contributed by atoms with E-state index in [0.717, 1.165) is 5.75 Å². The van der Waals surface area contributed by atoms with Crippen molar-refractivity contribution in [3.8, 4) is 11.5 Å². The normalized spacial score (nSPS) is 11.9. The van der Waals surface area contributed by atoms with Gasteiger partial charge in [0.25, 0.3) is 0 Å². The minimum Gasteiger partial charge on any atom is -0.490 e. The Kier molecular flexibility index (Phi) is 4.63. The molecule has 0 spiro atoms. The van der Waals surface area contributed by atoms with Gasteiger partial charge in [-0.1, -0.05) is 11.6 Å². The molecule has 0 bridgehead atoms. The molecule has 2 rings (SSSR count). The summed E-state index contributed by atoms with van der Waals surface area (Å²) in [5.74, 6) is 1.07. The Morgan fingerprint density at radius 2 is 1.58 bits per heavy atom. The summed E-state index contributed by atoms with van der Waals surface area (Å²) in [7, 11) is 0. The first kappa shape index (κ1) is 13.7. The van der Waals surface area contributed by atoms with Gasteiger partial charge in [-0.25, -0.2) is 4.39 Å². The quantitative estimate of drug-likeness (QED) is 0.812. The Morgan fingerprint density at radius 1 is 1.00 bits per heavy atom. The van der Waals surface area contributed by atoms with Gasteiger partial charge in [0.2, 0.25) is 0 Å². The highest BCUT2D eigenvalue weighted by molar-refractivity contribution is 6.30. The molecule has 0 fully saturated rings. The van der Waals surface area contributed by atoms with E-state index in [1.54, 1.807) is 36.4 Å². The monoisotopic (exact) mass is 280 g/mol. The molecule has 4 heteroatoms. The molecular weight excluding hydrogens is 267 g/mol. The zero-order valence-electron chi connectivity index (χ0n) is 10.5. The third-order valence-corrected chi connectivity index (χ3v) is 2.70. The van der Waals surface area contributed by atoms with Gasteiger partial charge in [-0.2, -0.15) is 0 Å². The predicted molar refractivity (Wildman–Crippen MR) is 73.4 cm³/mol. The van der Waals surface area contributed by atoms with E-state index in [4.69, 9.17) is 21.1 Å². The molecule has 0 radical (unpaired) electrons. The molecule has 0 aromatic heterocycles. The molecule has 0 aliphatic rings. The summed E-state index contributed by atoms with van der Waals surface area (Å²) >= 11 is 5.78. The van der Waals surface area contributed by atoms with Crippen LogP contribution in [-0.4, -0.2) is 12.7 Å². The fourth-order valence-corrected chi connectivity index (χ4v) is 1.65.